The van der Waals surface area contributed by atoms with Crippen molar-refractivity contribution in [2.45, 2.75) is 116 Å². The SMILES string of the molecule is CCCCCCCC(=O)SCCCCC1CC(=O)NCc2nc(cs2)C2=NC(C)(CS2)C(=O)NC(C(C)C)C(=O)O1. The van der Waals surface area contributed by atoms with Crippen LogP contribution in [0.2, 0.25) is 0 Å². The number of carbonyl (C=O) groups excluding carboxylic acids is 4. The number of aromatic nitrogens is 1. The fourth-order valence-corrected chi connectivity index (χ4v) is 7.32. The van der Waals surface area contributed by atoms with Crippen molar-refractivity contribution >= 4 is 62.8 Å². The van der Waals surface area contributed by atoms with Gasteiger partial charge in [0.1, 0.15) is 33.4 Å². The van der Waals surface area contributed by atoms with Crippen LogP contribution in [0.15, 0.2) is 10.4 Å². The summed E-state index contributed by atoms with van der Waals surface area (Å²) >= 11 is 4.25. The molecule has 2 aliphatic rings. The number of ether oxygens (including phenoxy) is 1. The summed E-state index contributed by atoms with van der Waals surface area (Å²) in [4.78, 5) is 60.9. The molecule has 0 aliphatic carbocycles. The zero-order valence-electron chi connectivity index (χ0n) is 24.7. The van der Waals surface area contributed by atoms with Gasteiger partial charge >= 0.3 is 5.97 Å². The van der Waals surface area contributed by atoms with Crippen molar-refractivity contribution in [2.75, 3.05) is 11.5 Å². The number of unbranched alkanes of at least 4 members (excludes halogenated alkanes) is 5. The van der Waals surface area contributed by atoms with E-state index in [4.69, 9.17) is 4.74 Å². The molecule has 0 radical (unpaired) electrons. The number of fused-ring (bicyclic) bond motifs is 4. The second-order valence-corrected chi connectivity index (χ2v) is 14.3. The Morgan fingerprint density at radius 3 is 2.71 bits per heavy atom. The minimum atomic E-state index is -1.02. The Labute approximate surface area is 256 Å². The molecule has 0 saturated heterocycles. The van der Waals surface area contributed by atoms with E-state index in [0.29, 0.717) is 41.5 Å². The minimum absolute atomic E-state index is 0.0207. The fraction of sp³-hybridized carbons (Fsp3) is 0.724. The zero-order chi connectivity index (χ0) is 29.8. The first-order chi connectivity index (χ1) is 19.6. The summed E-state index contributed by atoms with van der Waals surface area (Å²) in [6, 6.07) is -0.863. The predicted molar refractivity (Wildman–Crippen MR) is 167 cm³/mol. The maximum absolute atomic E-state index is 13.3. The van der Waals surface area contributed by atoms with E-state index in [0.717, 1.165) is 24.3 Å². The van der Waals surface area contributed by atoms with Crippen LogP contribution in [0.25, 0.3) is 0 Å². The molecule has 4 bridgehead atoms. The average molecular weight is 625 g/mol. The molecule has 3 heterocycles. The third kappa shape index (κ3) is 10.7. The van der Waals surface area contributed by atoms with Gasteiger partial charge < -0.3 is 15.4 Å². The Kier molecular flexibility index (Phi) is 13.6. The molecule has 3 unspecified atom stereocenters. The summed E-state index contributed by atoms with van der Waals surface area (Å²) in [7, 11) is 0. The molecule has 0 spiro atoms. The van der Waals surface area contributed by atoms with Gasteiger partial charge in [0.05, 0.1) is 13.0 Å². The summed E-state index contributed by atoms with van der Waals surface area (Å²) in [6.07, 6.45) is 7.62. The van der Waals surface area contributed by atoms with Gasteiger partial charge in [0.15, 0.2) is 5.12 Å². The van der Waals surface area contributed by atoms with Crippen molar-refractivity contribution in [1.29, 1.82) is 0 Å². The van der Waals surface area contributed by atoms with E-state index >= 15 is 0 Å². The summed E-state index contributed by atoms with van der Waals surface area (Å²) in [6.45, 7) is 7.91. The van der Waals surface area contributed by atoms with Gasteiger partial charge in [-0.1, -0.05) is 58.2 Å². The van der Waals surface area contributed by atoms with Gasteiger partial charge in [-0.15, -0.1) is 23.1 Å². The third-order valence-corrected chi connectivity index (χ3v) is 10.3. The Bertz CT molecular complexity index is 1090. The van der Waals surface area contributed by atoms with E-state index in [9.17, 15) is 19.2 Å². The molecule has 41 heavy (non-hydrogen) atoms. The molecule has 2 amide bonds. The lowest BCUT2D eigenvalue weighted by atomic mass is 10.00. The Balaban J connectivity index is 1.61. The van der Waals surface area contributed by atoms with Gasteiger partial charge in [-0.2, -0.15) is 0 Å². The molecule has 2 aliphatic heterocycles. The number of amides is 2. The highest BCUT2D eigenvalue weighted by atomic mass is 32.2. The second-order valence-electron chi connectivity index (χ2n) is 11.2. The van der Waals surface area contributed by atoms with Crippen LogP contribution >= 0.6 is 34.9 Å². The van der Waals surface area contributed by atoms with E-state index < -0.39 is 23.7 Å². The van der Waals surface area contributed by atoms with Crippen LogP contribution in [0.4, 0.5) is 0 Å². The van der Waals surface area contributed by atoms with Crippen LogP contribution in [0, 0.1) is 5.92 Å². The van der Waals surface area contributed by atoms with Crippen molar-refractivity contribution in [2.24, 2.45) is 10.9 Å². The number of aliphatic imine (C=N–C) groups is 1. The number of nitrogens with zero attached hydrogens (tertiary/aromatic N) is 2. The quantitative estimate of drug-likeness (QED) is 0.238. The maximum atomic E-state index is 13.3. The molecule has 3 rings (SSSR count). The molecule has 0 aromatic carbocycles. The highest BCUT2D eigenvalue weighted by Crippen LogP contribution is 2.32. The zero-order valence-corrected chi connectivity index (χ0v) is 27.1. The van der Waals surface area contributed by atoms with Gasteiger partial charge in [-0.3, -0.25) is 19.4 Å². The molecule has 228 valence electrons. The van der Waals surface area contributed by atoms with Crippen LogP contribution < -0.4 is 10.6 Å². The van der Waals surface area contributed by atoms with Crippen molar-refractivity contribution in [3.05, 3.63) is 16.1 Å². The summed E-state index contributed by atoms with van der Waals surface area (Å²) in [5, 5.41) is 9.30. The molecule has 12 heteroatoms. The third-order valence-electron chi connectivity index (χ3n) is 7.11. The van der Waals surface area contributed by atoms with Crippen LogP contribution in [0.1, 0.15) is 103 Å². The number of thioether (sulfide) groups is 2. The Hall–Kier alpha value is -1.92. The maximum Gasteiger partial charge on any atom is 0.329 e. The first kappa shape index (κ1) is 33.6. The number of rotatable bonds is 12. The van der Waals surface area contributed by atoms with E-state index in [-0.39, 0.29) is 35.8 Å². The Morgan fingerprint density at radius 2 is 1.95 bits per heavy atom. The first-order valence-electron chi connectivity index (χ1n) is 14.7. The topological polar surface area (TPSA) is 127 Å². The Morgan fingerprint density at radius 1 is 1.17 bits per heavy atom. The van der Waals surface area contributed by atoms with Gasteiger partial charge in [0.2, 0.25) is 11.8 Å². The molecule has 1 aromatic rings. The van der Waals surface area contributed by atoms with Crippen LogP contribution in [0.3, 0.4) is 0 Å². The van der Waals surface area contributed by atoms with Crippen LogP contribution in [-0.4, -0.2) is 62.1 Å². The molecule has 1 aromatic heterocycles. The first-order valence-corrected chi connectivity index (χ1v) is 17.6. The van der Waals surface area contributed by atoms with Crippen LogP contribution in [-0.2, 0) is 30.5 Å². The van der Waals surface area contributed by atoms with Gasteiger partial charge in [-0.05, 0) is 38.5 Å². The number of carbonyl (C=O) groups is 4. The number of hydrogen-bond donors (Lipinski definition) is 2. The number of thiazole rings is 1. The largest absolute Gasteiger partial charge is 0.460 e. The highest BCUT2D eigenvalue weighted by molar-refractivity contribution is 8.14. The number of nitrogens with one attached hydrogen (secondary N) is 2. The predicted octanol–water partition coefficient (Wildman–Crippen LogP) is 5.26. The highest BCUT2D eigenvalue weighted by Gasteiger charge is 2.41. The van der Waals surface area contributed by atoms with Gasteiger partial charge in [-0.25, -0.2) is 9.78 Å². The molecular weight excluding hydrogens is 581 g/mol. The monoisotopic (exact) mass is 624 g/mol. The van der Waals surface area contributed by atoms with E-state index in [1.807, 2.05) is 19.2 Å². The fourth-order valence-electron chi connectivity index (χ4n) is 4.53. The molecule has 3 atom stereocenters. The summed E-state index contributed by atoms with van der Waals surface area (Å²) in [5.74, 6) is -0.182. The van der Waals surface area contributed by atoms with Crippen molar-refractivity contribution in [1.82, 2.24) is 15.6 Å². The molecule has 0 saturated carbocycles. The standard InChI is InChI=1S/C29H44N4O5S3/c1-5-6-7-8-9-13-24(35)39-14-11-10-12-20-15-22(34)30-16-23-31-21(17-40-23)26-33-29(4,18-41-26)28(37)32-25(19(2)3)27(36)38-20/h17,19-20,25H,5-16,18H2,1-4H3,(H,30,34)(H,32,37). The van der Waals surface area contributed by atoms with Crippen molar-refractivity contribution in [3.63, 3.8) is 0 Å². The van der Waals surface area contributed by atoms with Gasteiger partial charge in [0, 0.05) is 23.3 Å². The lowest BCUT2D eigenvalue weighted by Crippen LogP contribution is -2.53. The van der Waals surface area contributed by atoms with Crippen LogP contribution in [0.5, 0.6) is 0 Å². The smallest absolute Gasteiger partial charge is 0.329 e. The van der Waals surface area contributed by atoms with Crippen molar-refractivity contribution < 1.29 is 23.9 Å². The van der Waals surface area contributed by atoms with Crippen molar-refractivity contribution in [3.8, 4) is 0 Å². The molecule has 9 nitrogen and oxygen atoms in total. The molecule has 0 fully saturated rings. The molecule has 2 N–H and O–H groups in total. The van der Waals surface area contributed by atoms with E-state index in [1.54, 1.807) is 6.92 Å². The summed E-state index contributed by atoms with van der Waals surface area (Å²) < 4.78 is 5.86. The second kappa shape index (κ2) is 16.6. The summed E-state index contributed by atoms with van der Waals surface area (Å²) in [5.41, 5.74) is -0.328. The average Bonchev–Trinajstić information content (AvgIpc) is 3.56. The number of esters is 1. The van der Waals surface area contributed by atoms with E-state index in [1.165, 1.54) is 54.1 Å². The minimum Gasteiger partial charge on any atom is -0.460 e. The van der Waals surface area contributed by atoms with E-state index in [2.05, 4.69) is 27.5 Å². The lowest BCUT2D eigenvalue weighted by molar-refractivity contribution is -0.156. The lowest BCUT2D eigenvalue weighted by Gasteiger charge is -2.27. The number of cyclic esters (lactones) is 1. The van der Waals surface area contributed by atoms with Gasteiger partial charge in [0.25, 0.3) is 0 Å². The normalized spacial score (nSPS) is 23.6. The molecular formula is C29H44N4O5S3. The number of hydrogen-bond acceptors (Lipinski definition) is 10.